The topological polar surface area (TPSA) is 64.2 Å². The van der Waals surface area contributed by atoms with Gasteiger partial charge in [-0.1, -0.05) is 30.3 Å². The van der Waals surface area contributed by atoms with Crippen molar-refractivity contribution in [2.45, 2.75) is 13.0 Å². The molecular weight excluding hydrogens is 244 g/mol. The van der Waals surface area contributed by atoms with Crippen molar-refractivity contribution in [1.82, 2.24) is 10.2 Å². The van der Waals surface area contributed by atoms with Gasteiger partial charge in [-0.25, -0.2) is 4.79 Å². The van der Waals surface area contributed by atoms with Crippen LogP contribution in [0.1, 0.15) is 17.3 Å². The molecular formula is C14H16N2O3. The van der Waals surface area contributed by atoms with Crippen molar-refractivity contribution in [2.24, 2.45) is 0 Å². The van der Waals surface area contributed by atoms with Gasteiger partial charge in [-0.2, -0.15) is 5.10 Å². The lowest BCUT2D eigenvalue weighted by Crippen LogP contribution is -2.19. The molecule has 5 heteroatoms. The number of aromatic nitrogens is 2. The van der Waals surface area contributed by atoms with E-state index in [2.05, 4.69) is 10.2 Å². The number of ether oxygens (including phenoxy) is 2. The van der Waals surface area contributed by atoms with Crippen LogP contribution in [0.3, 0.4) is 0 Å². The monoisotopic (exact) mass is 260 g/mol. The van der Waals surface area contributed by atoms with E-state index in [0.29, 0.717) is 17.9 Å². The van der Waals surface area contributed by atoms with Gasteiger partial charge in [0, 0.05) is 12.7 Å². The molecule has 19 heavy (non-hydrogen) atoms. The number of nitrogens with zero attached hydrogens (tertiary/aromatic N) is 1. The van der Waals surface area contributed by atoms with Crippen molar-refractivity contribution in [2.75, 3.05) is 13.7 Å². The Labute approximate surface area is 111 Å². The van der Waals surface area contributed by atoms with Crippen LogP contribution >= 0.6 is 0 Å². The molecule has 0 spiro atoms. The van der Waals surface area contributed by atoms with Crippen LogP contribution in [0.2, 0.25) is 0 Å². The van der Waals surface area contributed by atoms with Gasteiger partial charge in [0.2, 0.25) is 0 Å². The largest absolute Gasteiger partial charge is 0.457 e. The van der Waals surface area contributed by atoms with E-state index in [1.807, 2.05) is 30.3 Å². The van der Waals surface area contributed by atoms with E-state index >= 15 is 0 Å². The summed E-state index contributed by atoms with van der Waals surface area (Å²) in [7, 11) is 1.57. The van der Waals surface area contributed by atoms with Gasteiger partial charge < -0.3 is 9.47 Å². The number of aromatic amines is 1. The molecule has 1 N–H and O–H groups in total. The van der Waals surface area contributed by atoms with Gasteiger partial charge in [0.05, 0.1) is 18.5 Å². The number of carbonyl (C=O) groups excluding carboxylic acids is 1. The molecule has 0 aliphatic carbocycles. The lowest BCUT2D eigenvalue weighted by molar-refractivity contribution is 0.0121. The number of H-pyrrole nitrogens is 1. The van der Waals surface area contributed by atoms with Crippen LogP contribution in [-0.4, -0.2) is 36.0 Å². The van der Waals surface area contributed by atoms with E-state index in [9.17, 15) is 4.79 Å². The molecule has 1 aromatic heterocycles. The summed E-state index contributed by atoms with van der Waals surface area (Å²) < 4.78 is 10.2. The fourth-order valence-corrected chi connectivity index (χ4v) is 1.78. The average Bonchev–Trinajstić information content (AvgIpc) is 2.89. The first-order chi connectivity index (χ1) is 9.22. The number of rotatable bonds is 5. The van der Waals surface area contributed by atoms with E-state index in [0.717, 1.165) is 5.56 Å². The molecule has 0 radical (unpaired) electrons. The van der Waals surface area contributed by atoms with Crippen molar-refractivity contribution in [3.8, 4) is 11.3 Å². The molecule has 2 aromatic rings. The predicted octanol–water partition coefficient (Wildman–Crippen LogP) is 2.27. The van der Waals surface area contributed by atoms with Crippen molar-refractivity contribution in [3.05, 3.63) is 42.1 Å². The second kappa shape index (κ2) is 6.15. The normalized spacial score (nSPS) is 12.1. The number of hydrogen-bond donors (Lipinski definition) is 1. The Morgan fingerprint density at radius 2 is 2.11 bits per heavy atom. The van der Waals surface area contributed by atoms with Crippen LogP contribution in [-0.2, 0) is 9.47 Å². The smallest absolute Gasteiger partial charge is 0.342 e. The standard InChI is InChI=1S/C14H16N2O3/c1-10(9-18-2)19-14(17)12-8-15-16-13(12)11-6-4-3-5-7-11/h3-8,10H,9H2,1-2H3,(H,15,16)/t10-/m0/s1. The second-order valence-electron chi connectivity index (χ2n) is 4.20. The Kier molecular flexibility index (Phi) is 4.30. The summed E-state index contributed by atoms with van der Waals surface area (Å²) in [6.07, 6.45) is 1.18. The zero-order chi connectivity index (χ0) is 13.7. The Morgan fingerprint density at radius 1 is 1.37 bits per heavy atom. The molecule has 100 valence electrons. The molecule has 0 saturated heterocycles. The molecule has 0 bridgehead atoms. The molecule has 0 aliphatic rings. The molecule has 0 fully saturated rings. The maximum atomic E-state index is 12.0. The van der Waals surface area contributed by atoms with Gasteiger partial charge >= 0.3 is 5.97 Å². The first-order valence-corrected chi connectivity index (χ1v) is 6.01. The van der Waals surface area contributed by atoms with Crippen molar-refractivity contribution in [1.29, 1.82) is 0 Å². The van der Waals surface area contributed by atoms with E-state index < -0.39 is 5.97 Å². The molecule has 0 saturated carbocycles. The van der Waals surface area contributed by atoms with Crippen LogP contribution < -0.4 is 0 Å². The number of nitrogens with one attached hydrogen (secondary N) is 1. The highest BCUT2D eigenvalue weighted by Gasteiger charge is 2.18. The Morgan fingerprint density at radius 3 is 2.79 bits per heavy atom. The van der Waals surface area contributed by atoms with Crippen LogP contribution in [0.4, 0.5) is 0 Å². The first-order valence-electron chi connectivity index (χ1n) is 6.01. The van der Waals surface area contributed by atoms with E-state index in [4.69, 9.17) is 9.47 Å². The minimum Gasteiger partial charge on any atom is -0.457 e. The van der Waals surface area contributed by atoms with Crippen LogP contribution in [0, 0.1) is 0 Å². The summed E-state index contributed by atoms with van der Waals surface area (Å²) in [6, 6.07) is 9.53. The van der Waals surface area contributed by atoms with Crippen LogP contribution in [0.25, 0.3) is 11.3 Å². The molecule has 0 unspecified atom stereocenters. The fourth-order valence-electron chi connectivity index (χ4n) is 1.78. The summed E-state index contributed by atoms with van der Waals surface area (Å²) >= 11 is 0. The molecule has 1 heterocycles. The summed E-state index contributed by atoms with van der Waals surface area (Å²) in [5.41, 5.74) is 1.98. The Bertz CT molecular complexity index is 537. The van der Waals surface area contributed by atoms with E-state index in [-0.39, 0.29) is 6.10 Å². The number of hydrogen-bond acceptors (Lipinski definition) is 4. The SMILES string of the molecule is COC[C@H](C)OC(=O)c1cn[nH]c1-c1ccccc1. The highest BCUT2D eigenvalue weighted by atomic mass is 16.6. The van der Waals surface area contributed by atoms with Crippen molar-refractivity contribution < 1.29 is 14.3 Å². The third kappa shape index (κ3) is 3.20. The van der Waals surface area contributed by atoms with Gasteiger partial charge in [-0.15, -0.1) is 0 Å². The zero-order valence-electron chi connectivity index (χ0n) is 10.9. The van der Waals surface area contributed by atoms with Gasteiger partial charge in [0.25, 0.3) is 0 Å². The summed E-state index contributed by atoms with van der Waals surface area (Å²) in [6.45, 7) is 2.15. The molecule has 1 aromatic carbocycles. The number of benzene rings is 1. The van der Waals surface area contributed by atoms with E-state index in [1.165, 1.54) is 6.20 Å². The highest BCUT2D eigenvalue weighted by Crippen LogP contribution is 2.21. The molecule has 1 atom stereocenters. The fraction of sp³-hybridized carbons (Fsp3) is 0.286. The minimum absolute atomic E-state index is 0.295. The maximum absolute atomic E-state index is 12.0. The maximum Gasteiger partial charge on any atom is 0.342 e. The van der Waals surface area contributed by atoms with Gasteiger partial charge in [-0.05, 0) is 6.92 Å². The highest BCUT2D eigenvalue weighted by molar-refractivity contribution is 5.95. The average molecular weight is 260 g/mol. The number of esters is 1. The minimum atomic E-state index is -0.405. The predicted molar refractivity (Wildman–Crippen MR) is 70.8 cm³/mol. The summed E-state index contributed by atoms with van der Waals surface area (Å²) in [5.74, 6) is -0.405. The van der Waals surface area contributed by atoms with Gasteiger partial charge in [-0.3, -0.25) is 5.10 Å². The van der Waals surface area contributed by atoms with E-state index in [1.54, 1.807) is 14.0 Å². The summed E-state index contributed by atoms with van der Waals surface area (Å²) in [4.78, 5) is 12.0. The number of methoxy groups -OCH3 is 1. The lowest BCUT2D eigenvalue weighted by atomic mass is 10.1. The summed E-state index contributed by atoms with van der Waals surface area (Å²) in [5, 5.41) is 6.74. The van der Waals surface area contributed by atoms with Gasteiger partial charge in [0.15, 0.2) is 0 Å². The Hall–Kier alpha value is -2.14. The van der Waals surface area contributed by atoms with Crippen molar-refractivity contribution in [3.63, 3.8) is 0 Å². The van der Waals surface area contributed by atoms with Crippen LogP contribution in [0.5, 0.6) is 0 Å². The lowest BCUT2D eigenvalue weighted by Gasteiger charge is -2.11. The third-order valence-electron chi connectivity index (χ3n) is 2.63. The first kappa shape index (κ1) is 13.3. The zero-order valence-corrected chi connectivity index (χ0v) is 10.9. The third-order valence-corrected chi connectivity index (χ3v) is 2.63. The van der Waals surface area contributed by atoms with Crippen LogP contribution in [0.15, 0.2) is 36.5 Å². The van der Waals surface area contributed by atoms with Gasteiger partial charge in [0.1, 0.15) is 11.7 Å². The second-order valence-corrected chi connectivity index (χ2v) is 4.20. The number of carbonyl (C=O) groups is 1. The molecule has 0 amide bonds. The Balaban J connectivity index is 2.18. The quantitative estimate of drug-likeness (QED) is 0.837. The molecule has 0 aliphatic heterocycles. The molecule has 5 nitrogen and oxygen atoms in total. The molecule has 2 rings (SSSR count). The van der Waals surface area contributed by atoms with Crippen molar-refractivity contribution >= 4 is 5.97 Å².